The fourth-order valence-electron chi connectivity index (χ4n) is 4.27. The van der Waals surface area contributed by atoms with Crippen LogP contribution < -0.4 is 0 Å². The molecule has 7 heteroatoms. The summed E-state index contributed by atoms with van der Waals surface area (Å²) in [6.07, 6.45) is -3.11. The zero-order valence-electron chi connectivity index (χ0n) is 21.2. The van der Waals surface area contributed by atoms with E-state index >= 15 is 0 Å². The summed E-state index contributed by atoms with van der Waals surface area (Å²) < 4.78 is 36.5. The van der Waals surface area contributed by atoms with Crippen LogP contribution in [-0.2, 0) is 53.0 Å². The Bertz CT molecular complexity index is 1060. The van der Waals surface area contributed by atoms with Gasteiger partial charge in [-0.15, -0.1) is 0 Å². The first-order valence-electron chi connectivity index (χ1n) is 12.4. The van der Waals surface area contributed by atoms with E-state index in [0.717, 1.165) is 16.7 Å². The summed E-state index contributed by atoms with van der Waals surface area (Å²) in [7, 11) is 1.56. The van der Waals surface area contributed by atoms with E-state index in [1.165, 1.54) is 6.92 Å². The summed E-state index contributed by atoms with van der Waals surface area (Å²) in [4.78, 5) is 11.6. The van der Waals surface area contributed by atoms with Gasteiger partial charge in [-0.1, -0.05) is 91.0 Å². The van der Waals surface area contributed by atoms with Crippen molar-refractivity contribution in [3.63, 3.8) is 0 Å². The smallest absolute Gasteiger partial charge is 0.302 e. The van der Waals surface area contributed by atoms with Gasteiger partial charge in [0.2, 0.25) is 0 Å². The number of hydrogen-bond acceptors (Lipinski definition) is 7. The van der Waals surface area contributed by atoms with Crippen molar-refractivity contribution in [2.75, 3.05) is 13.7 Å². The Morgan fingerprint density at radius 3 is 1.54 bits per heavy atom. The fourth-order valence-corrected chi connectivity index (χ4v) is 4.27. The maximum Gasteiger partial charge on any atom is 0.302 e. The highest BCUT2D eigenvalue weighted by Gasteiger charge is 2.49. The van der Waals surface area contributed by atoms with Crippen LogP contribution in [0.3, 0.4) is 0 Å². The van der Waals surface area contributed by atoms with Crippen molar-refractivity contribution in [3.8, 4) is 0 Å². The zero-order valence-corrected chi connectivity index (χ0v) is 21.2. The Morgan fingerprint density at radius 1 is 0.676 bits per heavy atom. The molecule has 1 aliphatic heterocycles. The van der Waals surface area contributed by atoms with Crippen molar-refractivity contribution in [1.82, 2.24) is 0 Å². The lowest BCUT2D eigenvalue weighted by molar-refractivity contribution is -0.321. The standard InChI is InChI=1S/C30H34O7/c1-22(31)33-21-26-27(34-18-23-12-6-3-7-13-23)28(35-19-24-14-8-4-9-15-24)29(30(32-2)37-26)36-20-25-16-10-5-11-17-25/h3-17,26-30H,18-21H2,1-2H3/t26-,27-,28+,29+,30+/m1/s1. The van der Waals surface area contributed by atoms with E-state index in [0.29, 0.717) is 19.8 Å². The summed E-state index contributed by atoms with van der Waals surface area (Å²) >= 11 is 0. The molecule has 0 saturated carbocycles. The highest BCUT2D eigenvalue weighted by Crippen LogP contribution is 2.31. The largest absolute Gasteiger partial charge is 0.463 e. The van der Waals surface area contributed by atoms with Crippen LogP contribution in [0, 0.1) is 0 Å². The number of benzene rings is 3. The van der Waals surface area contributed by atoms with E-state index in [1.807, 2.05) is 91.0 Å². The van der Waals surface area contributed by atoms with E-state index in [9.17, 15) is 4.79 Å². The van der Waals surface area contributed by atoms with Crippen molar-refractivity contribution >= 4 is 5.97 Å². The molecule has 3 aromatic carbocycles. The van der Waals surface area contributed by atoms with Gasteiger partial charge in [0.05, 0.1) is 19.8 Å². The number of carbonyl (C=O) groups is 1. The molecule has 0 N–H and O–H groups in total. The molecular weight excluding hydrogens is 472 g/mol. The average Bonchev–Trinajstić information content (AvgIpc) is 2.94. The maximum absolute atomic E-state index is 11.6. The van der Waals surface area contributed by atoms with Crippen LogP contribution in [0.4, 0.5) is 0 Å². The van der Waals surface area contributed by atoms with E-state index < -0.39 is 36.7 Å². The van der Waals surface area contributed by atoms with Crippen LogP contribution in [-0.4, -0.2) is 50.4 Å². The van der Waals surface area contributed by atoms with Crippen LogP contribution >= 0.6 is 0 Å². The molecule has 1 fully saturated rings. The molecule has 0 unspecified atom stereocenters. The number of methoxy groups -OCH3 is 1. The number of esters is 1. The van der Waals surface area contributed by atoms with E-state index in [-0.39, 0.29) is 6.61 Å². The molecule has 196 valence electrons. The van der Waals surface area contributed by atoms with Crippen LogP contribution in [0.2, 0.25) is 0 Å². The Labute approximate surface area is 218 Å². The predicted octanol–water partition coefficient (Wildman–Crippen LogP) is 4.68. The van der Waals surface area contributed by atoms with Crippen LogP contribution in [0.5, 0.6) is 0 Å². The Morgan fingerprint density at radius 2 is 1.11 bits per heavy atom. The minimum absolute atomic E-state index is 0.00521. The molecule has 0 aliphatic carbocycles. The van der Waals surface area contributed by atoms with Gasteiger partial charge in [0.15, 0.2) is 6.29 Å². The van der Waals surface area contributed by atoms with Gasteiger partial charge in [0.1, 0.15) is 31.0 Å². The molecule has 7 nitrogen and oxygen atoms in total. The molecule has 4 rings (SSSR count). The Balaban J connectivity index is 1.60. The highest BCUT2D eigenvalue weighted by atomic mass is 16.7. The molecule has 1 saturated heterocycles. The van der Waals surface area contributed by atoms with Crippen LogP contribution in [0.15, 0.2) is 91.0 Å². The van der Waals surface area contributed by atoms with E-state index in [2.05, 4.69) is 0 Å². The number of rotatable bonds is 12. The molecule has 0 radical (unpaired) electrons. The normalized spacial score (nSPS) is 23.5. The van der Waals surface area contributed by atoms with Gasteiger partial charge in [-0.05, 0) is 16.7 Å². The first kappa shape index (κ1) is 27.0. The van der Waals surface area contributed by atoms with Crippen molar-refractivity contribution in [3.05, 3.63) is 108 Å². The molecule has 1 aliphatic rings. The van der Waals surface area contributed by atoms with E-state index in [4.69, 9.17) is 28.4 Å². The van der Waals surface area contributed by atoms with Gasteiger partial charge in [0, 0.05) is 14.0 Å². The molecule has 0 aromatic heterocycles. The summed E-state index contributed by atoms with van der Waals surface area (Å²) in [5, 5.41) is 0. The minimum atomic E-state index is -0.749. The highest BCUT2D eigenvalue weighted by molar-refractivity contribution is 5.65. The second-order valence-corrected chi connectivity index (χ2v) is 8.86. The first-order chi connectivity index (χ1) is 18.1. The van der Waals surface area contributed by atoms with Gasteiger partial charge in [-0.25, -0.2) is 0 Å². The number of ether oxygens (including phenoxy) is 6. The van der Waals surface area contributed by atoms with Gasteiger partial charge >= 0.3 is 5.97 Å². The number of hydrogen-bond donors (Lipinski definition) is 0. The lowest BCUT2D eigenvalue weighted by atomic mass is 9.98. The topological polar surface area (TPSA) is 72.5 Å². The molecule has 0 spiro atoms. The van der Waals surface area contributed by atoms with Crippen molar-refractivity contribution in [1.29, 1.82) is 0 Å². The predicted molar refractivity (Wildman–Crippen MR) is 137 cm³/mol. The molecule has 37 heavy (non-hydrogen) atoms. The monoisotopic (exact) mass is 506 g/mol. The second kappa shape index (κ2) is 14.0. The quantitative estimate of drug-likeness (QED) is 0.331. The third-order valence-electron chi connectivity index (χ3n) is 6.13. The lowest BCUT2D eigenvalue weighted by Gasteiger charge is -2.45. The molecule has 0 amide bonds. The van der Waals surface area contributed by atoms with Crippen LogP contribution in [0.25, 0.3) is 0 Å². The second-order valence-electron chi connectivity index (χ2n) is 8.86. The Hall–Kier alpha value is -3.07. The average molecular weight is 507 g/mol. The Kier molecular flexibility index (Phi) is 10.2. The van der Waals surface area contributed by atoms with Crippen molar-refractivity contribution in [2.45, 2.75) is 57.5 Å². The fraction of sp³-hybridized carbons (Fsp3) is 0.367. The molecule has 5 atom stereocenters. The molecule has 1 heterocycles. The number of carbonyl (C=O) groups excluding carboxylic acids is 1. The van der Waals surface area contributed by atoms with Gasteiger partial charge in [-0.2, -0.15) is 0 Å². The van der Waals surface area contributed by atoms with Crippen molar-refractivity contribution < 1.29 is 33.2 Å². The SMILES string of the molecule is CO[C@H]1O[C@H](COC(C)=O)[C@@H](OCc2ccccc2)[C@H](OCc2ccccc2)[C@@H]1OCc1ccccc1. The van der Waals surface area contributed by atoms with Gasteiger partial charge < -0.3 is 28.4 Å². The van der Waals surface area contributed by atoms with Crippen molar-refractivity contribution in [2.24, 2.45) is 0 Å². The van der Waals surface area contributed by atoms with Gasteiger partial charge in [0.25, 0.3) is 0 Å². The van der Waals surface area contributed by atoms with Crippen LogP contribution in [0.1, 0.15) is 23.6 Å². The third kappa shape index (κ3) is 7.95. The lowest BCUT2D eigenvalue weighted by Crippen LogP contribution is -2.61. The molecule has 0 bridgehead atoms. The zero-order chi connectivity index (χ0) is 25.9. The summed E-state index contributed by atoms with van der Waals surface area (Å²) in [6.45, 7) is 2.40. The third-order valence-corrected chi connectivity index (χ3v) is 6.13. The summed E-state index contributed by atoms with van der Waals surface area (Å²) in [5.41, 5.74) is 3.04. The summed E-state index contributed by atoms with van der Waals surface area (Å²) in [6, 6.07) is 29.7. The first-order valence-corrected chi connectivity index (χ1v) is 12.4. The molecule has 3 aromatic rings. The summed E-state index contributed by atoms with van der Waals surface area (Å²) in [5.74, 6) is -0.399. The maximum atomic E-state index is 11.6. The molecular formula is C30H34O7. The minimum Gasteiger partial charge on any atom is -0.463 e. The van der Waals surface area contributed by atoms with Gasteiger partial charge in [-0.3, -0.25) is 4.79 Å². The van der Waals surface area contributed by atoms with E-state index in [1.54, 1.807) is 7.11 Å².